The third kappa shape index (κ3) is 3.19. The van der Waals surface area contributed by atoms with Crippen molar-refractivity contribution in [1.82, 2.24) is 15.0 Å². The minimum Gasteiger partial charge on any atom is -0.300 e. The highest BCUT2D eigenvalue weighted by Crippen LogP contribution is 1.93. The van der Waals surface area contributed by atoms with Gasteiger partial charge in [-0.05, 0) is 19.9 Å². The maximum Gasteiger partial charge on any atom is 0.116 e. The Labute approximate surface area is 78.3 Å². The van der Waals surface area contributed by atoms with Crippen molar-refractivity contribution in [2.45, 2.75) is 13.8 Å². The van der Waals surface area contributed by atoms with Gasteiger partial charge in [0.1, 0.15) is 6.33 Å². The Kier molecular flexibility index (Phi) is 3.37. The lowest BCUT2D eigenvalue weighted by Gasteiger charge is -2.07. The van der Waals surface area contributed by atoms with Crippen LogP contribution in [0.25, 0.3) is 0 Å². The van der Waals surface area contributed by atoms with Crippen LogP contribution in [0.15, 0.2) is 17.5 Å². The van der Waals surface area contributed by atoms with Crippen molar-refractivity contribution in [3.63, 3.8) is 0 Å². The van der Waals surface area contributed by atoms with Crippen LogP contribution in [0.4, 0.5) is 0 Å². The van der Waals surface area contributed by atoms with Gasteiger partial charge in [-0.1, -0.05) is 0 Å². The van der Waals surface area contributed by atoms with Crippen molar-refractivity contribution >= 4 is 6.21 Å². The van der Waals surface area contributed by atoms with E-state index in [1.165, 1.54) is 0 Å². The van der Waals surface area contributed by atoms with Crippen LogP contribution in [0.2, 0.25) is 0 Å². The fourth-order valence-corrected chi connectivity index (χ4v) is 0.785. The van der Waals surface area contributed by atoms with Gasteiger partial charge in [0.15, 0.2) is 0 Å². The molecule has 1 aromatic heterocycles. The molecule has 0 atom stereocenters. The first-order chi connectivity index (χ1) is 6.22. The molecule has 0 saturated heterocycles. The van der Waals surface area contributed by atoms with Gasteiger partial charge in [-0.25, -0.2) is 9.97 Å². The minimum absolute atomic E-state index is 0.841. The normalized spacial score (nSPS) is 10.7. The molecule has 0 radical (unpaired) electrons. The first-order valence-corrected chi connectivity index (χ1v) is 4.26. The fourth-order valence-electron chi connectivity index (χ4n) is 0.785. The molecule has 0 amide bonds. The molecule has 13 heavy (non-hydrogen) atoms. The van der Waals surface area contributed by atoms with Gasteiger partial charge >= 0.3 is 0 Å². The predicted molar refractivity (Wildman–Crippen MR) is 52.7 cm³/mol. The molecule has 0 fully saturated rings. The van der Waals surface area contributed by atoms with Crippen LogP contribution in [0.5, 0.6) is 0 Å². The van der Waals surface area contributed by atoms with Gasteiger partial charge in [-0.2, -0.15) is 5.10 Å². The zero-order valence-electron chi connectivity index (χ0n) is 8.23. The second-order valence-corrected chi connectivity index (χ2v) is 2.80. The summed E-state index contributed by atoms with van der Waals surface area (Å²) in [7, 11) is 1.92. The monoisotopic (exact) mass is 178 g/mol. The maximum atomic E-state index is 4.17. The van der Waals surface area contributed by atoms with Crippen LogP contribution < -0.4 is 0 Å². The molecular formula is C9H14N4. The Bertz CT molecular complexity index is 295. The summed E-state index contributed by atoms with van der Waals surface area (Å²) in [5.41, 5.74) is 1.79. The first-order valence-electron chi connectivity index (χ1n) is 4.26. The standard InChI is InChI=1S/C9H14N4/c1-4-13(3)12-6-9-5-8(2)10-7-11-9/h5-7H,4H2,1-3H3/b12-6+. The summed E-state index contributed by atoms with van der Waals surface area (Å²) >= 11 is 0. The van der Waals surface area contributed by atoms with E-state index in [0.717, 1.165) is 17.9 Å². The quantitative estimate of drug-likeness (QED) is 0.513. The Balaban J connectivity index is 2.68. The Morgan fingerprint density at radius 2 is 2.31 bits per heavy atom. The van der Waals surface area contributed by atoms with Gasteiger partial charge in [0.2, 0.25) is 0 Å². The number of aromatic nitrogens is 2. The number of nitrogens with zero attached hydrogens (tertiary/aromatic N) is 4. The van der Waals surface area contributed by atoms with E-state index in [1.54, 1.807) is 12.5 Å². The molecule has 1 heterocycles. The second-order valence-electron chi connectivity index (χ2n) is 2.80. The number of hydrogen-bond donors (Lipinski definition) is 0. The molecule has 1 aromatic rings. The number of hydrogen-bond acceptors (Lipinski definition) is 4. The highest BCUT2D eigenvalue weighted by atomic mass is 15.4. The van der Waals surface area contributed by atoms with Crippen molar-refractivity contribution in [3.05, 3.63) is 23.8 Å². The molecule has 0 aliphatic heterocycles. The van der Waals surface area contributed by atoms with Crippen molar-refractivity contribution in [2.24, 2.45) is 5.10 Å². The van der Waals surface area contributed by atoms with E-state index in [4.69, 9.17) is 0 Å². The average molecular weight is 178 g/mol. The minimum atomic E-state index is 0.841. The van der Waals surface area contributed by atoms with Crippen molar-refractivity contribution in [3.8, 4) is 0 Å². The molecule has 0 aromatic carbocycles. The molecule has 4 nitrogen and oxygen atoms in total. The van der Waals surface area contributed by atoms with E-state index in [1.807, 2.05) is 32.0 Å². The topological polar surface area (TPSA) is 41.4 Å². The Morgan fingerprint density at radius 3 is 2.92 bits per heavy atom. The van der Waals surface area contributed by atoms with Crippen LogP contribution in [0.1, 0.15) is 18.3 Å². The van der Waals surface area contributed by atoms with Crippen LogP contribution in [0.3, 0.4) is 0 Å². The molecular weight excluding hydrogens is 164 g/mol. The van der Waals surface area contributed by atoms with Gasteiger partial charge in [0.05, 0.1) is 11.9 Å². The summed E-state index contributed by atoms with van der Waals surface area (Å²) in [6.45, 7) is 4.87. The molecule has 0 spiro atoms. The highest BCUT2D eigenvalue weighted by Gasteiger charge is 1.91. The molecule has 0 aliphatic carbocycles. The largest absolute Gasteiger partial charge is 0.300 e. The molecule has 0 bridgehead atoms. The fraction of sp³-hybridized carbons (Fsp3) is 0.444. The van der Waals surface area contributed by atoms with Gasteiger partial charge in [0, 0.05) is 19.3 Å². The zero-order valence-corrected chi connectivity index (χ0v) is 8.23. The molecule has 0 aliphatic rings. The third-order valence-corrected chi connectivity index (χ3v) is 1.67. The van der Waals surface area contributed by atoms with Crippen molar-refractivity contribution in [1.29, 1.82) is 0 Å². The molecule has 1 rings (SSSR count). The van der Waals surface area contributed by atoms with E-state index >= 15 is 0 Å². The smallest absolute Gasteiger partial charge is 0.116 e. The molecule has 0 N–H and O–H groups in total. The average Bonchev–Trinajstić information content (AvgIpc) is 2.14. The van der Waals surface area contributed by atoms with Crippen LogP contribution >= 0.6 is 0 Å². The summed E-state index contributed by atoms with van der Waals surface area (Å²) in [5, 5.41) is 6.02. The lowest BCUT2D eigenvalue weighted by atomic mass is 10.3. The summed E-state index contributed by atoms with van der Waals surface area (Å²) in [6, 6.07) is 1.90. The van der Waals surface area contributed by atoms with Gasteiger partial charge in [-0.3, -0.25) is 0 Å². The van der Waals surface area contributed by atoms with E-state index in [2.05, 4.69) is 15.1 Å². The number of rotatable bonds is 3. The van der Waals surface area contributed by atoms with E-state index in [-0.39, 0.29) is 0 Å². The lowest BCUT2D eigenvalue weighted by Crippen LogP contribution is -2.09. The molecule has 70 valence electrons. The van der Waals surface area contributed by atoms with Gasteiger partial charge < -0.3 is 5.01 Å². The number of hydrazone groups is 1. The van der Waals surface area contributed by atoms with Crippen molar-refractivity contribution < 1.29 is 0 Å². The molecule has 4 heteroatoms. The summed E-state index contributed by atoms with van der Waals surface area (Å²) < 4.78 is 0. The highest BCUT2D eigenvalue weighted by molar-refractivity contribution is 5.76. The van der Waals surface area contributed by atoms with Crippen LogP contribution in [-0.4, -0.2) is 34.8 Å². The zero-order chi connectivity index (χ0) is 9.68. The third-order valence-electron chi connectivity index (χ3n) is 1.67. The second kappa shape index (κ2) is 4.54. The van der Waals surface area contributed by atoms with E-state index < -0.39 is 0 Å². The van der Waals surface area contributed by atoms with Crippen molar-refractivity contribution in [2.75, 3.05) is 13.6 Å². The Morgan fingerprint density at radius 1 is 1.54 bits per heavy atom. The predicted octanol–water partition coefficient (Wildman–Crippen LogP) is 1.07. The number of aryl methyl sites for hydroxylation is 1. The van der Waals surface area contributed by atoms with Gasteiger partial charge in [-0.15, -0.1) is 0 Å². The maximum absolute atomic E-state index is 4.17. The Hall–Kier alpha value is -1.45. The molecule has 0 unspecified atom stereocenters. The SMILES string of the molecule is CCN(C)/N=C/c1cc(C)ncn1. The summed E-state index contributed by atoms with van der Waals surface area (Å²) in [6.07, 6.45) is 3.28. The lowest BCUT2D eigenvalue weighted by molar-refractivity contribution is 0.377. The summed E-state index contributed by atoms with van der Waals surface area (Å²) in [4.78, 5) is 8.06. The summed E-state index contributed by atoms with van der Waals surface area (Å²) in [5.74, 6) is 0. The van der Waals surface area contributed by atoms with E-state index in [9.17, 15) is 0 Å². The van der Waals surface area contributed by atoms with Gasteiger partial charge in [0.25, 0.3) is 0 Å². The van der Waals surface area contributed by atoms with E-state index in [0.29, 0.717) is 0 Å². The first kappa shape index (κ1) is 9.64. The van der Waals surface area contributed by atoms with Crippen LogP contribution in [0, 0.1) is 6.92 Å². The molecule has 0 saturated carbocycles. The van der Waals surface area contributed by atoms with Crippen LogP contribution in [-0.2, 0) is 0 Å².